The van der Waals surface area contributed by atoms with E-state index in [0.29, 0.717) is 11.6 Å². The Kier molecular flexibility index (Phi) is 5.26. The number of aromatic nitrogens is 1. The average molecular weight is 421 g/mol. The summed E-state index contributed by atoms with van der Waals surface area (Å²) >= 11 is 6.29. The van der Waals surface area contributed by atoms with Crippen molar-refractivity contribution in [3.63, 3.8) is 0 Å². The maximum atomic E-state index is 6.55. The first-order valence-electron chi connectivity index (χ1n) is 11.0. The average Bonchev–Trinajstić information content (AvgIpc) is 3.43. The highest BCUT2D eigenvalue weighted by molar-refractivity contribution is 6.20. The van der Waals surface area contributed by atoms with E-state index in [9.17, 15) is 0 Å². The summed E-state index contributed by atoms with van der Waals surface area (Å²) in [7, 11) is 4.15. The topological polar surface area (TPSA) is 57.1 Å². The first kappa shape index (κ1) is 19.7. The summed E-state index contributed by atoms with van der Waals surface area (Å²) in [6.07, 6.45) is 9.85. The van der Waals surface area contributed by atoms with Crippen LogP contribution in [0.5, 0.6) is 0 Å². The van der Waals surface area contributed by atoms with Crippen molar-refractivity contribution in [1.82, 2.24) is 25.0 Å². The van der Waals surface area contributed by atoms with Gasteiger partial charge in [0, 0.05) is 25.3 Å². The van der Waals surface area contributed by atoms with Crippen LogP contribution >= 0.6 is 11.6 Å². The number of hydrogen-bond acceptors (Lipinski definition) is 6. The van der Waals surface area contributed by atoms with E-state index >= 15 is 0 Å². The Morgan fingerprint density at radius 2 is 2.10 bits per heavy atom. The Labute approximate surface area is 177 Å². The number of hydrogen-bond donors (Lipinski definition) is 2. The summed E-state index contributed by atoms with van der Waals surface area (Å²) in [6, 6.07) is 2.09. The summed E-state index contributed by atoms with van der Waals surface area (Å²) < 4.78 is 8.72. The van der Waals surface area contributed by atoms with Crippen LogP contribution in [0.4, 0.5) is 0 Å². The van der Waals surface area contributed by atoms with Crippen LogP contribution in [0.15, 0.2) is 17.3 Å². The molecule has 0 saturated carbocycles. The van der Waals surface area contributed by atoms with Crippen LogP contribution in [-0.4, -0.2) is 71.9 Å². The largest absolute Gasteiger partial charge is 0.374 e. The van der Waals surface area contributed by atoms with E-state index in [-0.39, 0.29) is 6.23 Å². The summed E-state index contributed by atoms with van der Waals surface area (Å²) in [5.41, 5.74) is 0.876. The second-order valence-corrected chi connectivity index (χ2v) is 9.48. The predicted molar refractivity (Wildman–Crippen MR) is 114 cm³/mol. The highest BCUT2D eigenvalue weighted by Gasteiger charge is 2.44. The van der Waals surface area contributed by atoms with Crippen molar-refractivity contribution >= 4 is 17.4 Å². The van der Waals surface area contributed by atoms with Gasteiger partial charge in [0.15, 0.2) is 5.62 Å². The number of fused-ring (bicyclic) bond motifs is 1. The van der Waals surface area contributed by atoms with Crippen molar-refractivity contribution < 1.29 is 4.74 Å². The number of nitrogens with zero attached hydrogens (tertiary/aromatic N) is 4. The molecule has 1 aromatic heterocycles. The minimum Gasteiger partial charge on any atom is -0.374 e. The van der Waals surface area contributed by atoms with Crippen LogP contribution in [0.3, 0.4) is 0 Å². The third kappa shape index (κ3) is 3.56. The van der Waals surface area contributed by atoms with Gasteiger partial charge in [0.25, 0.3) is 0 Å². The van der Waals surface area contributed by atoms with Crippen LogP contribution in [0.1, 0.15) is 44.8 Å². The standard InChI is InChI=1S/C21H33ClN6O/c1-23-18-16-6-11-28(19(16)25-20(22)24-18)17-5-4-15(29-17)14-27-10-3-7-21(27)8-12-26(2)13-9-21/h6,11,15,17,20,23-24H,3-5,7-10,12-14H2,1-2H3. The van der Waals surface area contributed by atoms with Crippen LogP contribution in [0.25, 0.3) is 5.82 Å². The van der Waals surface area contributed by atoms with Gasteiger partial charge in [-0.1, -0.05) is 11.6 Å². The van der Waals surface area contributed by atoms with E-state index in [1.165, 1.54) is 45.3 Å². The molecule has 3 atom stereocenters. The second kappa shape index (κ2) is 7.76. The Morgan fingerprint density at radius 3 is 2.90 bits per heavy atom. The fraction of sp³-hybridized carbons (Fsp3) is 0.762. The fourth-order valence-corrected chi connectivity index (χ4v) is 5.90. The maximum Gasteiger partial charge on any atom is 0.198 e. The molecule has 29 heavy (non-hydrogen) atoms. The van der Waals surface area contributed by atoms with Crippen molar-refractivity contribution in [1.29, 1.82) is 0 Å². The minimum absolute atomic E-state index is 0.0450. The monoisotopic (exact) mass is 420 g/mol. The van der Waals surface area contributed by atoms with Gasteiger partial charge in [-0.3, -0.25) is 4.90 Å². The van der Waals surface area contributed by atoms with E-state index in [1.54, 1.807) is 0 Å². The highest BCUT2D eigenvalue weighted by Crippen LogP contribution is 2.39. The predicted octanol–water partition coefficient (Wildman–Crippen LogP) is 0.756. The Hall–Kier alpha value is -1.28. The van der Waals surface area contributed by atoms with Gasteiger partial charge in [0.2, 0.25) is 0 Å². The first-order valence-corrected chi connectivity index (χ1v) is 11.5. The number of rotatable bonds is 4. The lowest BCUT2D eigenvalue weighted by molar-refractivity contribution is -0.0350. The van der Waals surface area contributed by atoms with E-state index in [2.05, 4.69) is 49.3 Å². The Morgan fingerprint density at radius 1 is 1.28 bits per heavy atom. The van der Waals surface area contributed by atoms with Gasteiger partial charge in [-0.05, 0) is 71.3 Å². The number of nitrogens with one attached hydrogen (secondary N) is 2. The molecule has 0 aliphatic carbocycles. The Bertz CT molecular complexity index is 861. The lowest BCUT2D eigenvalue weighted by atomic mass is 9.85. The van der Waals surface area contributed by atoms with Gasteiger partial charge in [-0.15, -0.1) is 0 Å². The molecule has 4 aliphatic heterocycles. The summed E-state index contributed by atoms with van der Waals surface area (Å²) in [4.78, 5) is 9.84. The van der Waals surface area contributed by atoms with Crippen molar-refractivity contribution in [2.75, 3.05) is 40.3 Å². The molecule has 2 N–H and O–H groups in total. The van der Waals surface area contributed by atoms with E-state index < -0.39 is 5.62 Å². The van der Waals surface area contributed by atoms with Gasteiger partial charge in [0.05, 0.1) is 11.3 Å². The number of ether oxygens (including phenoxy) is 1. The molecule has 5 rings (SSSR count). The molecule has 0 radical (unpaired) electrons. The zero-order valence-corrected chi connectivity index (χ0v) is 18.3. The summed E-state index contributed by atoms with van der Waals surface area (Å²) in [5, 5.41) is 7.40. The van der Waals surface area contributed by atoms with Crippen molar-refractivity contribution in [2.45, 2.75) is 62.0 Å². The Balaban J connectivity index is 1.30. The minimum atomic E-state index is -0.454. The molecule has 1 aromatic rings. The third-order valence-corrected chi connectivity index (χ3v) is 7.59. The SMILES string of the molecule is CNC1=c2ccn(C3CCC(CN4CCCC45CCN(C)CC5)O3)c2=NC(Cl)N1. The van der Waals surface area contributed by atoms with Gasteiger partial charge in [-0.2, -0.15) is 0 Å². The number of piperidine rings is 1. The normalized spacial score (nSPS) is 32.2. The summed E-state index contributed by atoms with van der Waals surface area (Å²) in [6.45, 7) is 4.73. The van der Waals surface area contributed by atoms with Gasteiger partial charge in [0.1, 0.15) is 17.5 Å². The maximum absolute atomic E-state index is 6.55. The van der Waals surface area contributed by atoms with Crippen molar-refractivity contribution in [2.24, 2.45) is 4.99 Å². The number of alkyl halides is 1. The van der Waals surface area contributed by atoms with E-state index in [1.807, 2.05) is 7.05 Å². The number of likely N-dealkylation sites (tertiary alicyclic amines) is 2. The van der Waals surface area contributed by atoms with Crippen molar-refractivity contribution in [3.05, 3.63) is 23.0 Å². The van der Waals surface area contributed by atoms with Crippen LogP contribution in [-0.2, 0) is 4.74 Å². The molecule has 0 aromatic carbocycles. The lowest BCUT2D eigenvalue weighted by Crippen LogP contribution is -2.53. The number of halogens is 1. The summed E-state index contributed by atoms with van der Waals surface area (Å²) in [5.74, 6) is 0.921. The van der Waals surface area contributed by atoms with E-state index in [4.69, 9.17) is 16.3 Å². The molecular formula is C21H33ClN6O. The quantitative estimate of drug-likeness (QED) is 0.556. The van der Waals surface area contributed by atoms with Gasteiger partial charge in [-0.25, -0.2) is 4.99 Å². The zero-order chi connectivity index (χ0) is 20.0. The molecule has 8 heteroatoms. The lowest BCUT2D eigenvalue weighted by Gasteiger charge is -2.45. The molecule has 0 amide bonds. The fourth-order valence-electron chi connectivity index (χ4n) is 5.70. The van der Waals surface area contributed by atoms with Crippen LogP contribution in [0.2, 0.25) is 0 Å². The van der Waals surface area contributed by atoms with E-state index in [0.717, 1.165) is 35.9 Å². The molecule has 0 bridgehead atoms. The van der Waals surface area contributed by atoms with Gasteiger partial charge < -0.3 is 24.8 Å². The first-order chi connectivity index (χ1) is 14.1. The van der Waals surface area contributed by atoms with Crippen LogP contribution in [0, 0.1) is 0 Å². The molecule has 160 valence electrons. The zero-order valence-electron chi connectivity index (χ0n) is 17.5. The molecule has 4 aliphatic rings. The molecule has 3 fully saturated rings. The molecule has 3 unspecified atom stereocenters. The second-order valence-electron chi connectivity index (χ2n) is 9.06. The third-order valence-electron chi connectivity index (χ3n) is 7.38. The van der Waals surface area contributed by atoms with Crippen LogP contribution < -0.4 is 21.3 Å². The van der Waals surface area contributed by atoms with Crippen molar-refractivity contribution in [3.8, 4) is 0 Å². The highest BCUT2D eigenvalue weighted by atomic mass is 35.5. The molecular weight excluding hydrogens is 388 g/mol. The van der Waals surface area contributed by atoms with Gasteiger partial charge >= 0.3 is 0 Å². The smallest absolute Gasteiger partial charge is 0.198 e. The molecule has 3 saturated heterocycles. The molecule has 5 heterocycles. The molecule has 1 spiro atoms. The molecule has 7 nitrogen and oxygen atoms in total.